The molecule has 0 aliphatic carbocycles. The summed E-state index contributed by atoms with van der Waals surface area (Å²) >= 11 is 0. The lowest BCUT2D eigenvalue weighted by molar-refractivity contribution is 0.0486. The second-order valence-electron chi connectivity index (χ2n) is 5.65. The van der Waals surface area contributed by atoms with Gasteiger partial charge in [0.15, 0.2) is 0 Å². The largest absolute Gasteiger partial charge is 0.462 e. The van der Waals surface area contributed by atoms with E-state index in [2.05, 4.69) is 29.2 Å². The summed E-state index contributed by atoms with van der Waals surface area (Å²) in [5.74, 6) is -0.232. The molecule has 23 heavy (non-hydrogen) atoms. The van der Waals surface area contributed by atoms with E-state index in [0.29, 0.717) is 12.2 Å². The second-order valence-corrected chi connectivity index (χ2v) is 5.65. The molecule has 0 unspecified atom stereocenters. The molecule has 0 saturated heterocycles. The molecule has 0 atom stereocenters. The lowest BCUT2D eigenvalue weighted by atomic mass is 10.00. The van der Waals surface area contributed by atoms with Gasteiger partial charge in [0.1, 0.15) is 0 Å². The Labute approximate surface area is 143 Å². The van der Waals surface area contributed by atoms with Crippen LogP contribution in [0.2, 0.25) is 0 Å². The van der Waals surface area contributed by atoms with E-state index in [-0.39, 0.29) is 18.4 Å². The molecule has 0 aromatic heterocycles. The number of hydrogen-bond acceptors (Lipinski definition) is 3. The summed E-state index contributed by atoms with van der Waals surface area (Å²) in [4.78, 5) is 14.3. The van der Waals surface area contributed by atoms with E-state index < -0.39 is 0 Å². The molecule has 3 nitrogen and oxygen atoms in total. The number of rotatable bonds is 5. The van der Waals surface area contributed by atoms with E-state index in [1.807, 2.05) is 18.2 Å². The zero-order valence-electron chi connectivity index (χ0n) is 13.1. The van der Waals surface area contributed by atoms with Crippen LogP contribution in [0.3, 0.4) is 0 Å². The summed E-state index contributed by atoms with van der Waals surface area (Å²) < 4.78 is 5.32. The number of carbonyl (C=O) groups is 1. The first kappa shape index (κ1) is 17.5. The van der Waals surface area contributed by atoms with Gasteiger partial charge in [0.05, 0.1) is 12.2 Å². The van der Waals surface area contributed by atoms with Gasteiger partial charge in [0, 0.05) is 19.6 Å². The number of esters is 1. The van der Waals surface area contributed by atoms with Crippen molar-refractivity contribution in [1.82, 2.24) is 4.90 Å². The van der Waals surface area contributed by atoms with Crippen molar-refractivity contribution in [1.29, 1.82) is 0 Å². The van der Waals surface area contributed by atoms with Gasteiger partial charge < -0.3 is 4.74 Å². The standard InChI is InChI=1S/C19H21NO2.ClH/c21-19(17-8-2-1-3-9-17)22-14-6-12-20-13-11-16-7-4-5-10-18(16)15-20;/h1-5,7-10H,6,11-15H2;1H. The molecule has 3 rings (SSSR count). The van der Waals surface area contributed by atoms with Crippen molar-refractivity contribution in [3.05, 3.63) is 71.3 Å². The molecule has 1 aliphatic rings. The van der Waals surface area contributed by atoms with Crippen molar-refractivity contribution >= 4 is 18.4 Å². The number of halogens is 1. The van der Waals surface area contributed by atoms with Gasteiger partial charge in [-0.2, -0.15) is 0 Å². The number of fused-ring (bicyclic) bond motifs is 1. The van der Waals surface area contributed by atoms with Crippen LogP contribution in [0.1, 0.15) is 27.9 Å². The molecule has 0 radical (unpaired) electrons. The van der Waals surface area contributed by atoms with Crippen molar-refractivity contribution in [3.8, 4) is 0 Å². The van der Waals surface area contributed by atoms with Crippen LogP contribution in [0, 0.1) is 0 Å². The fraction of sp³-hybridized carbons (Fsp3) is 0.316. The molecule has 0 fully saturated rings. The summed E-state index contributed by atoms with van der Waals surface area (Å²) in [5, 5.41) is 0. The van der Waals surface area contributed by atoms with Gasteiger partial charge in [0.2, 0.25) is 0 Å². The molecule has 0 bridgehead atoms. The molecule has 0 saturated carbocycles. The summed E-state index contributed by atoms with van der Waals surface area (Å²) in [7, 11) is 0. The molecule has 122 valence electrons. The minimum absolute atomic E-state index is 0. The molecular weight excluding hydrogens is 310 g/mol. The predicted molar refractivity (Wildman–Crippen MR) is 94.0 cm³/mol. The normalized spacial score (nSPS) is 13.7. The molecule has 4 heteroatoms. The SMILES string of the molecule is Cl.O=C(OCCCN1CCc2ccccc2C1)c1ccccc1. The van der Waals surface area contributed by atoms with Crippen molar-refractivity contribution in [2.45, 2.75) is 19.4 Å². The number of hydrogen-bond donors (Lipinski definition) is 0. The minimum Gasteiger partial charge on any atom is -0.462 e. The average Bonchev–Trinajstić information content (AvgIpc) is 2.59. The summed E-state index contributed by atoms with van der Waals surface area (Å²) in [6.45, 7) is 3.54. The highest BCUT2D eigenvalue weighted by molar-refractivity contribution is 5.89. The Morgan fingerprint density at radius 1 is 1.00 bits per heavy atom. The highest BCUT2D eigenvalue weighted by Crippen LogP contribution is 2.18. The highest BCUT2D eigenvalue weighted by atomic mass is 35.5. The number of carbonyl (C=O) groups excluding carboxylic acids is 1. The van der Waals surface area contributed by atoms with Gasteiger partial charge in [-0.15, -0.1) is 12.4 Å². The van der Waals surface area contributed by atoms with Crippen LogP contribution < -0.4 is 0 Å². The predicted octanol–water partition coefficient (Wildman–Crippen LogP) is 3.71. The van der Waals surface area contributed by atoms with Crippen LogP contribution in [0.4, 0.5) is 0 Å². The maximum Gasteiger partial charge on any atom is 0.338 e. The van der Waals surface area contributed by atoms with E-state index in [0.717, 1.165) is 32.5 Å². The third-order valence-electron chi connectivity index (χ3n) is 4.07. The van der Waals surface area contributed by atoms with Crippen LogP contribution >= 0.6 is 12.4 Å². The summed E-state index contributed by atoms with van der Waals surface area (Å²) in [5.41, 5.74) is 3.51. The van der Waals surface area contributed by atoms with Gasteiger partial charge >= 0.3 is 5.97 Å². The first-order valence-corrected chi connectivity index (χ1v) is 7.84. The second kappa shape index (κ2) is 8.70. The number of benzene rings is 2. The van der Waals surface area contributed by atoms with Crippen LogP contribution in [0.15, 0.2) is 54.6 Å². The average molecular weight is 332 g/mol. The Morgan fingerprint density at radius 2 is 1.70 bits per heavy atom. The Kier molecular flexibility index (Phi) is 6.63. The van der Waals surface area contributed by atoms with Crippen LogP contribution in [-0.4, -0.2) is 30.6 Å². The summed E-state index contributed by atoms with van der Waals surface area (Å²) in [6.07, 6.45) is 1.99. The van der Waals surface area contributed by atoms with E-state index in [1.165, 1.54) is 11.1 Å². The van der Waals surface area contributed by atoms with Gasteiger partial charge in [-0.3, -0.25) is 4.90 Å². The lowest BCUT2D eigenvalue weighted by Crippen LogP contribution is -2.31. The summed E-state index contributed by atoms with van der Waals surface area (Å²) in [6, 6.07) is 17.8. The Morgan fingerprint density at radius 3 is 2.48 bits per heavy atom. The lowest BCUT2D eigenvalue weighted by Gasteiger charge is -2.28. The highest BCUT2D eigenvalue weighted by Gasteiger charge is 2.15. The quantitative estimate of drug-likeness (QED) is 0.618. The molecule has 1 aliphatic heterocycles. The molecule has 2 aromatic carbocycles. The van der Waals surface area contributed by atoms with E-state index in [1.54, 1.807) is 12.1 Å². The van der Waals surface area contributed by atoms with Crippen molar-refractivity contribution < 1.29 is 9.53 Å². The monoisotopic (exact) mass is 331 g/mol. The van der Waals surface area contributed by atoms with Gasteiger partial charge in [-0.25, -0.2) is 4.79 Å². The van der Waals surface area contributed by atoms with E-state index >= 15 is 0 Å². The Balaban J connectivity index is 0.00000192. The van der Waals surface area contributed by atoms with Gasteiger partial charge in [0.25, 0.3) is 0 Å². The van der Waals surface area contributed by atoms with Crippen molar-refractivity contribution in [2.24, 2.45) is 0 Å². The molecule has 2 aromatic rings. The first-order chi connectivity index (χ1) is 10.8. The molecule has 0 spiro atoms. The third-order valence-corrected chi connectivity index (χ3v) is 4.07. The maximum atomic E-state index is 11.8. The Bertz CT molecular complexity index is 630. The number of nitrogens with zero attached hydrogens (tertiary/aromatic N) is 1. The van der Waals surface area contributed by atoms with Crippen LogP contribution in [-0.2, 0) is 17.7 Å². The van der Waals surface area contributed by atoms with Crippen molar-refractivity contribution in [3.63, 3.8) is 0 Å². The number of ether oxygens (including phenoxy) is 1. The van der Waals surface area contributed by atoms with E-state index in [4.69, 9.17) is 4.74 Å². The third kappa shape index (κ3) is 4.81. The fourth-order valence-electron chi connectivity index (χ4n) is 2.86. The van der Waals surface area contributed by atoms with Gasteiger partial charge in [-0.05, 0) is 36.1 Å². The maximum absolute atomic E-state index is 11.8. The van der Waals surface area contributed by atoms with Crippen molar-refractivity contribution in [2.75, 3.05) is 19.7 Å². The minimum atomic E-state index is -0.232. The smallest absolute Gasteiger partial charge is 0.338 e. The fourth-order valence-corrected chi connectivity index (χ4v) is 2.86. The molecule has 0 amide bonds. The zero-order chi connectivity index (χ0) is 15.2. The first-order valence-electron chi connectivity index (χ1n) is 7.84. The van der Waals surface area contributed by atoms with Crippen LogP contribution in [0.5, 0.6) is 0 Å². The Hall–Kier alpha value is -1.84. The van der Waals surface area contributed by atoms with E-state index in [9.17, 15) is 4.79 Å². The van der Waals surface area contributed by atoms with Gasteiger partial charge in [-0.1, -0.05) is 42.5 Å². The molecule has 1 heterocycles. The molecular formula is C19H22ClNO2. The topological polar surface area (TPSA) is 29.5 Å². The zero-order valence-corrected chi connectivity index (χ0v) is 13.9. The molecule has 0 N–H and O–H groups in total. The van der Waals surface area contributed by atoms with Crippen LogP contribution in [0.25, 0.3) is 0 Å².